The van der Waals surface area contributed by atoms with Gasteiger partial charge < -0.3 is 0 Å². The van der Waals surface area contributed by atoms with Crippen molar-refractivity contribution in [3.8, 4) is 0 Å². The SMILES string of the molecule is [B]=BC1CCCC1. The normalized spacial score (nSPS) is 22.1. The fourth-order valence-electron chi connectivity index (χ4n) is 1.15. The third-order valence-corrected chi connectivity index (χ3v) is 1.67. The molecule has 0 N–H and O–H groups in total. The van der Waals surface area contributed by atoms with Gasteiger partial charge in [0.25, 0.3) is 0 Å². The summed E-state index contributed by atoms with van der Waals surface area (Å²) in [5, 5.41) is 0. The van der Waals surface area contributed by atoms with E-state index in [-0.39, 0.29) is 0 Å². The molecule has 0 unspecified atom stereocenters. The molecule has 2 heteroatoms. The Kier molecular flexibility index (Phi) is 1.84. The second-order valence-electron chi connectivity index (χ2n) is 2.24. The van der Waals surface area contributed by atoms with Crippen molar-refractivity contribution in [2.24, 2.45) is 0 Å². The average Bonchev–Trinajstić information content (AvgIpc) is 2.14. The van der Waals surface area contributed by atoms with Gasteiger partial charge in [0, 0.05) is 0 Å². The van der Waals surface area contributed by atoms with E-state index in [1.54, 1.807) is 0 Å². The van der Waals surface area contributed by atoms with Crippen LogP contribution in [0.4, 0.5) is 0 Å². The van der Waals surface area contributed by atoms with Gasteiger partial charge in [-0.25, -0.2) is 0 Å². The first-order chi connectivity index (χ1) is 3.43. The summed E-state index contributed by atoms with van der Waals surface area (Å²) >= 11 is 0. The number of rotatable bonds is 1. The fourth-order valence-corrected chi connectivity index (χ4v) is 1.15. The van der Waals surface area contributed by atoms with Crippen LogP contribution in [-0.2, 0) is 0 Å². The molecule has 1 aliphatic carbocycles. The first-order valence-electron chi connectivity index (χ1n) is 2.98. The van der Waals surface area contributed by atoms with Gasteiger partial charge in [0.2, 0.25) is 0 Å². The van der Waals surface area contributed by atoms with Gasteiger partial charge in [0.15, 0.2) is 0 Å². The van der Waals surface area contributed by atoms with Crippen molar-refractivity contribution in [2.45, 2.75) is 31.5 Å². The van der Waals surface area contributed by atoms with E-state index in [0.717, 1.165) is 5.82 Å². The first kappa shape index (κ1) is 5.27. The van der Waals surface area contributed by atoms with Crippen molar-refractivity contribution in [2.75, 3.05) is 0 Å². The van der Waals surface area contributed by atoms with Gasteiger partial charge in [-0.1, -0.05) is 0 Å². The Morgan fingerprint density at radius 1 is 1.29 bits per heavy atom. The quantitative estimate of drug-likeness (QED) is 0.424. The van der Waals surface area contributed by atoms with Crippen LogP contribution in [0.15, 0.2) is 0 Å². The minimum atomic E-state index is 0.750. The maximum atomic E-state index is 5.31. The predicted molar refractivity (Wildman–Crippen MR) is 33.7 cm³/mol. The van der Waals surface area contributed by atoms with Crippen LogP contribution in [0.3, 0.4) is 0 Å². The molecule has 1 saturated carbocycles. The summed E-state index contributed by atoms with van der Waals surface area (Å²) in [6.07, 6.45) is 5.43. The Morgan fingerprint density at radius 2 is 1.86 bits per heavy atom. The molecule has 35 valence electrons. The zero-order valence-electron chi connectivity index (χ0n) is 4.56. The Balaban J connectivity index is 2.26. The zero-order chi connectivity index (χ0) is 5.11. The van der Waals surface area contributed by atoms with E-state index in [1.165, 1.54) is 25.7 Å². The van der Waals surface area contributed by atoms with Crippen LogP contribution in [0, 0.1) is 0 Å². The molecule has 1 radical (unpaired) electrons. The summed E-state index contributed by atoms with van der Waals surface area (Å²) in [7, 11) is 5.31. The van der Waals surface area contributed by atoms with Crippen molar-refractivity contribution in [3.63, 3.8) is 0 Å². The molecule has 1 fully saturated rings. The molecule has 0 aliphatic heterocycles. The molecule has 0 nitrogen and oxygen atoms in total. The van der Waals surface area contributed by atoms with Crippen LogP contribution in [-0.4, -0.2) is 14.2 Å². The second-order valence-corrected chi connectivity index (χ2v) is 2.24. The van der Waals surface area contributed by atoms with E-state index in [1.807, 2.05) is 6.80 Å². The Labute approximate surface area is 46.6 Å². The monoisotopic (exact) mass is 91.1 g/mol. The third kappa shape index (κ3) is 1.25. The van der Waals surface area contributed by atoms with Crippen molar-refractivity contribution in [1.82, 2.24) is 0 Å². The van der Waals surface area contributed by atoms with Crippen LogP contribution < -0.4 is 0 Å². The van der Waals surface area contributed by atoms with Gasteiger partial charge in [-0.15, -0.1) is 0 Å². The third-order valence-electron chi connectivity index (χ3n) is 1.67. The number of hydrogen-bond acceptors (Lipinski definition) is 0. The summed E-state index contributed by atoms with van der Waals surface area (Å²) in [6.45, 7) is 1.84. The van der Waals surface area contributed by atoms with E-state index in [9.17, 15) is 0 Å². The van der Waals surface area contributed by atoms with Crippen LogP contribution >= 0.6 is 0 Å². The molecular formula is C5H9B2. The molecule has 0 atom stereocenters. The molecule has 0 heterocycles. The average molecular weight is 90.8 g/mol. The molecular weight excluding hydrogens is 81.7 g/mol. The zero-order valence-corrected chi connectivity index (χ0v) is 4.56. The van der Waals surface area contributed by atoms with E-state index < -0.39 is 0 Å². The van der Waals surface area contributed by atoms with Gasteiger partial charge in [-0.05, 0) is 0 Å². The first-order valence-corrected chi connectivity index (χ1v) is 2.98. The van der Waals surface area contributed by atoms with Crippen molar-refractivity contribution in [3.05, 3.63) is 0 Å². The molecule has 0 aromatic rings. The van der Waals surface area contributed by atoms with E-state index >= 15 is 0 Å². The summed E-state index contributed by atoms with van der Waals surface area (Å²) < 4.78 is 0. The van der Waals surface area contributed by atoms with Gasteiger partial charge >= 0.3 is 45.7 Å². The van der Waals surface area contributed by atoms with Crippen molar-refractivity contribution < 1.29 is 0 Å². The van der Waals surface area contributed by atoms with Crippen molar-refractivity contribution in [1.29, 1.82) is 0 Å². The molecule has 0 saturated heterocycles. The van der Waals surface area contributed by atoms with Gasteiger partial charge in [0.1, 0.15) is 0 Å². The molecule has 1 aliphatic rings. The Hall–Kier alpha value is 0.130. The number of hydrogen-bond donors (Lipinski definition) is 0. The molecule has 0 spiro atoms. The molecule has 0 aromatic heterocycles. The van der Waals surface area contributed by atoms with E-state index in [2.05, 4.69) is 0 Å². The molecule has 0 amide bonds. The predicted octanol–water partition coefficient (Wildman–Crippen LogP) is 1.14. The Morgan fingerprint density at radius 3 is 2.14 bits per heavy atom. The molecule has 0 aromatic carbocycles. The van der Waals surface area contributed by atoms with Gasteiger partial charge in [-0.2, -0.15) is 0 Å². The standard InChI is InChI=1S/C5H9B2/c6-7-5-3-1-2-4-5/h5H,1-4H2. The van der Waals surface area contributed by atoms with Crippen LogP contribution in [0.5, 0.6) is 0 Å². The Bertz CT molecular complexity index is 64.5. The molecule has 7 heavy (non-hydrogen) atoms. The molecule has 0 bridgehead atoms. The van der Waals surface area contributed by atoms with Crippen LogP contribution in [0.2, 0.25) is 5.82 Å². The maximum absolute atomic E-state index is 5.31. The topological polar surface area (TPSA) is 0 Å². The summed E-state index contributed by atoms with van der Waals surface area (Å²) in [5.74, 6) is 0.750. The van der Waals surface area contributed by atoms with Crippen LogP contribution in [0.1, 0.15) is 25.7 Å². The van der Waals surface area contributed by atoms with E-state index in [4.69, 9.17) is 7.37 Å². The van der Waals surface area contributed by atoms with Crippen molar-refractivity contribution >= 4 is 14.2 Å². The van der Waals surface area contributed by atoms with E-state index in [0.29, 0.717) is 0 Å². The summed E-state index contributed by atoms with van der Waals surface area (Å²) in [6, 6.07) is 0. The van der Waals surface area contributed by atoms with Crippen LogP contribution in [0.25, 0.3) is 0 Å². The van der Waals surface area contributed by atoms with Gasteiger partial charge in [-0.3, -0.25) is 0 Å². The fraction of sp³-hybridized carbons (Fsp3) is 1.00. The second kappa shape index (κ2) is 2.44. The summed E-state index contributed by atoms with van der Waals surface area (Å²) in [5.41, 5.74) is 0. The molecule has 1 rings (SSSR count). The summed E-state index contributed by atoms with van der Waals surface area (Å²) in [4.78, 5) is 0. The minimum absolute atomic E-state index is 0.750. The van der Waals surface area contributed by atoms with Gasteiger partial charge in [0.05, 0.1) is 0 Å².